The Labute approximate surface area is 203 Å². The van der Waals surface area contributed by atoms with Crippen LogP contribution >= 0.6 is 23.2 Å². The maximum absolute atomic E-state index is 12.5. The smallest absolute Gasteiger partial charge is 0.266 e. The summed E-state index contributed by atoms with van der Waals surface area (Å²) in [6, 6.07) is 18.0. The molecule has 168 valence electrons. The fraction of sp³-hybridized carbons (Fsp3) is 0.154. The predicted molar refractivity (Wildman–Crippen MR) is 132 cm³/mol. The molecule has 1 amide bonds. The molecule has 0 unspecified atom stereocenters. The Morgan fingerprint density at radius 2 is 1.73 bits per heavy atom. The number of carbonyl (C=O) groups is 1. The summed E-state index contributed by atoms with van der Waals surface area (Å²) in [7, 11) is 1.50. The summed E-state index contributed by atoms with van der Waals surface area (Å²) in [6.45, 7) is 4.38. The topological polar surface area (TPSA) is 71.3 Å². The second-order valence-corrected chi connectivity index (χ2v) is 8.29. The minimum Gasteiger partial charge on any atom is -0.493 e. The van der Waals surface area contributed by atoms with Gasteiger partial charge in [0.2, 0.25) is 0 Å². The molecule has 0 saturated carbocycles. The van der Waals surface area contributed by atoms with Gasteiger partial charge < -0.3 is 14.8 Å². The number of carbonyl (C=O) groups excluding carboxylic acids is 1. The standard InChI is InChI=1S/C26H22Cl2N2O3/c1-16-8-17(2)10-19(9-16)15-33-25-23(28)12-18(13-24(25)32-3)11-20(14-29)26(31)30-22-6-4-21(27)5-7-22/h4-13H,15H2,1-3H3,(H,30,31)/b20-11+. The summed E-state index contributed by atoms with van der Waals surface area (Å²) in [5.74, 6) is 0.234. The molecule has 0 heterocycles. The van der Waals surface area contributed by atoms with Crippen LogP contribution in [0.3, 0.4) is 0 Å². The largest absolute Gasteiger partial charge is 0.493 e. The lowest BCUT2D eigenvalue weighted by atomic mass is 10.1. The fourth-order valence-corrected chi connectivity index (χ4v) is 3.72. The van der Waals surface area contributed by atoms with E-state index in [1.165, 1.54) is 13.2 Å². The van der Waals surface area contributed by atoms with Crippen molar-refractivity contribution >= 4 is 40.9 Å². The molecule has 3 rings (SSSR count). The third-order valence-electron chi connectivity index (χ3n) is 4.69. The van der Waals surface area contributed by atoms with E-state index in [1.807, 2.05) is 32.0 Å². The highest BCUT2D eigenvalue weighted by Gasteiger charge is 2.15. The molecular weight excluding hydrogens is 459 g/mol. The normalized spacial score (nSPS) is 11.0. The number of amides is 1. The van der Waals surface area contributed by atoms with Crippen LogP contribution < -0.4 is 14.8 Å². The minimum atomic E-state index is -0.551. The maximum atomic E-state index is 12.5. The van der Waals surface area contributed by atoms with Crippen molar-refractivity contribution in [2.45, 2.75) is 20.5 Å². The number of nitriles is 1. The zero-order chi connectivity index (χ0) is 24.0. The molecule has 3 aromatic carbocycles. The van der Waals surface area contributed by atoms with Crippen molar-refractivity contribution in [1.29, 1.82) is 5.26 Å². The van der Waals surface area contributed by atoms with Crippen LogP contribution in [0, 0.1) is 25.2 Å². The molecule has 0 aliphatic rings. The van der Waals surface area contributed by atoms with Crippen LogP contribution in [0.25, 0.3) is 6.08 Å². The summed E-state index contributed by atoms with van der Waals surface area (Å²) >= 11 is 12.3. The van der Waals surface area contributed by atoms with Gasteiger partial charge in [0, 0.05) is 10.7 Å². The van der Waals surface area contributed by atoms with Crippen molar-refractivity contribution in [2.75, 3.05) is 12.4 Å². The minimum absolute atomic E-state index is 0.0908. The Hall–Kier alpha value is -3.46. The molecule has 33 heavy (non-hydrogen) atoms. The second-order valence-electron chi connectivity index (χ2n) is 7.45. The third kappa shape index (κ3) is 6.52. The Morgan fingerprint density at radius 1 is 1.06 bits per heavy atom. The van der Waals surface area contributed by atoms with Crippen LogP contribution in [-0.4, -0.2) is 13.0 Å². The van der Waals surface area contributed by atoms with Crippen molar-refractivity contribution in [2.24, 2.45) is 0 Å². The van der Waals surface area contributed by atoms with E-state index >= 15 is 0 Å². The molecule has 0 aliphatic heterocycles. The van der Waals surface area contributed by atoms with E-state index in [1.54, 1.807) is 36.4 Å². The maximum Gasteiger partial charge on any atom is 0.266 e. The number of nitrogens with one attached hydrogen (secondary N) is 1. The first kappa shape index (κ1) is 24.2. The number of hydrogen-bond donors (Lipinski definition) is 1. The zero-order valence-corrected chi connectivity index (χ0v) is 19.9. The van der Waals surface area contributed by atoms with Gasteiger partial charge in [-0.2, -0.15) is 5.26 Å². The number of anilines is 1. The first-order valence-electron chi connectivity index (χ1n) is 10.0. The molecule has 1 N–H and O–H groups in total. The summed E-state index contributed by atoms with van der Waals surface area (Å²) in [6.07, 6.45) is 1.44. The van der Waals surface area contributed by atoms with E-state index in [-0.39, 0.29) is 5.57 Å². The number of ether oxygens (including phenoxy) is 2. The Kier molecular flexibility index (Phi) is 8.00. The van der Waals surface area contributed by atoms with Crippen LogP contribution in [0.2, 0.25) is 10.0 Å². The van der Waals surface area contributed by atoms with Crippen molar-refractivity contribution in [3.8, 4) is 17.6 Å². The van der Waals surface area contributed by atoms with E-state index in [4.69, 9.17) is 32.7 Å². The number of nitrogens with zero attached hydrogens (tertiary/aromatic N) is 1. The Morgan fingerprint density at radius 3 is 2.33 bits per heavy atom. The van der Waals surface area contributed by atoms with E-state index in [9.17, 15) is 10.1 Å². The molecule has 5 nitrogen and oxygen atoms in total. The van der Waals surface area contributed by atoms with Crippen LogP contribution in [-0.2, 0) is 11.4 Å². The van der Waals surface area contributed by atoms with Gasteiger partial charge in [-0.3, -0.25) is 4.79 Å². The molecule has 0 radical (unpaired) electrons. The molecule has 3 aromatic rings. The van der Waals surface area contributed by atoms with Crippen LogP contribution in [0.4, 0.5) is 5.69 Å². The highest BCUT2D eigenvalue weighted by atomic mass is 35.5. The zero-order valence-electron chi connectivity index (χ0n) is 18.4. The lowest BCUT2D eigenvalue weighted by Crippen LogP contribution is -2.13. The van der Waals surface area contributed by atoms with Gasteiger partial charge in [0.15, 0.2) is 11.5 Å². The Bertz CT molecular complexity index is 1230. The quantitative estimate of drug-likeness (QED) is 0.300. The molecule has 0 fully saturated rings. The van der Waals surface area contributed by atoms with Gasteiger partial charge in [-0.05, 0) is 67.4 Å². The van der Waals surface area contributed by atoms with E-state index in [0.29, 0.717) is 39.4 Å². The van der Waals surface area contributed by atoms with Gasteiger partial charge in [-0.1, -0.05) is 52.5 Å². The highest BCUT2D eigenvalue weighted by Crippen LogP contribution is 2.37. The van der Waals surface area contributed by atoms with E-state index in [2.05, 4.69) is 11.4 Å². The first-order valence-corrected chi connectivity index (χ1v) is 10.8. The monoisotopic (exact) mass is 480 g/mol. The van der Waals surface area contributed by atoms with Crippen LogP contribution in [0.15, 0.2) is 60.2 Å². The third-order valence-corrected chi connectivity index (χ3v) is 5.23. The summed E-state index contributed by atoms with van der Waals surface area (Å²) in [4.78, 5) is 12.5. The number of halogens is 2. The molecule has 0 aromatic heterocycles. The van der Waals surface area contributed by atoms with Crippen molar-refractivity contribution < 1.29 is 14.3 Å². The molecule has 0 saturated heterocycles. The van der Waals surface area contributed by atoms with Crippen molar-refractivity contribution in [3.05, 3.63) is 92.5 Å². The van der Waals surface area contributed by atoms with Gasteiger partial charge in [0.25, 0.3) is 5.91 Å². The van der Waals surface area contributed by atoms with Gasteiger partial charge in [0.1, 0.15) is 18.2 Å². The number of aryl methyl sites for hydroxylation is 2. The van der Waals surface area contributed by atoms with Gasteiger partial charge in [-0.15, -0.1) is 0 Å². The molecule has 7 heteroatoms. The Balaban J connectivity index is 1.82. The highest BCUT2D eigenvalue weighted by molar-refractivity contribution is 6.32. The first-order chi connectivity index (χ1) is 15.8. The van der Waals surface area contributed by atoms with E-state index < -0.39 is 5.91 Å². The number of methoxy groups -OCH3 is 1. The fourth-order valence-electron chi connectivity index (χ4n) is 3.32. The van der Waals surface area contributed by atoms with Gasteiger partial charge in [0.05, 0.1) is 12.1 Å². The van der Waals surface area contributed by atoms with E-state index in [0.717, 1.165) is 16.7 Å². The van der Waals surface area contributed by atoms with Crippen molar-refractivity contribution in [3.63, 3.8) is 0 Å². The molecular formula is C26H22Cl2N2O3. The van der Waals surface area contributed by atoms with Crippen molar-refractivity contribution in [1.82, 2.24) is 0 Å². The predicted octanol–water partition coefficient (Wildman–Crippen LogP) is 6.74. The van der Waals surface area contributed by atoms with Gasteiger partial charge in [-0.25, -0.2) is 0 Å². The number of hydrogen-bond acceptors (Lipinski definition) is 4. The average molecular weight is 481 g/mol. The number of rotatable bonds is 7. The lowest BCUT2D eigenvalue weighted by Gasteiger charge is -2.14. The van der Waals surface area contributed by atoms with Crippen LogP contribution in [0.1, 0.15) is 22.3 Å². The molecule has 0 spiro atoms. The molecule has 0 aliphatic carbocycles. The molecule has 0 bridgehead atoms. The summed E-state index contributed by atoms with van der Waals surface area (Å²) < 4.78 is 11.4. The summed E-state index contributed by atoms with van der Waals surface area (Å²) in [5.41, 5.74) is 4.27. The average Bonchev–Trinajstić information content (AvgIpc) is 2.77. The number of benzene rings is 3. The molecule has 0 atom stereocenters. The van der Waals surface area contributed by atoms with Crippen LogP contribution in [0.5, 0.6) is 11.5 Å². The second kappa shape index (κ2) is 10.9. The summed E-state index contributed by atoms with van der Waals surface area (Å²) in [5, 5.41) is 13.0. The van der Waals surface area contributed by atoms with Gasteiger partial charge >= 0.3 is 0 Å². The lowest BCUT2D eigenvalue weighted by molar-refractivity contribution is -0.112. The SMILES string of the molecule is COc1cc(/C=C(\C#N)C(=O)Nc2ccc(Cl)cc2)cc(Cl)c1OCc1cc(C)cc(C)c1.